The van der Waals surface area contributed by atoms with E-state index in [1.165, 1.54) is 0 Å². The van der Waals surface area contributed by atoms with Gasteiger partial charge < -0.3 is 14.8 Å². The van der Waals surface area contributed by atoms with E-state index >= 15 is 0 Å². The summed E-state index contributed by atoms with van der Waals surface area (Å²) in [6.45, 7) is 9.18. The summed E-state index contributed by atoms with van der Waals surface area (Å²) in [5.74, 6) is 0.841. The molecule has 19 heavy (non-hydrogen) atoms. The fraction of sp³-hybridized carbons (Fsp3) is 0.643. The van der Waals surface area contributed by atoms with Crippen molar-refractivity contribution in [2.45, 2.75) is 13.5 Å². The van der Waals surface area contributed by atoms with E-state index in [4.69, 9.17) is 9.47 Å². The molecular weight excluding hydrogens is 242 g/mol. The molecule has 2 heterocycles. The molecule has 0 radical (unpaired) electrons. The van der Waals surface area contributed by atoms with Crippen molar-refractivity contribution in [3.05, 3.63) is 24.0 Å². The van der Waals surface area contributed by atoms with Crippen LogP contribution in [0.4, 0.5) is 0 Å². The van der Waals surface area contributed by atoms with Gasteiger partial charge in [0, 0.05) is 26.2 Å². The van der Waals surface area contributed by atoms with Gasteiger partial charge in [-0.25, -0.2) is 0 Å². The second kappa shape index (κ2) is 8.09. The van der Waals surface area contributed by atoms with Crippen LogP contribution in [0.1, 0.15) is 12.6 Å². The van der Waals surface area contributed by atoms with Crippen molar-refractivity contribution in [1.82, 2.24) is 15.2 Å². The summed E-state index contributed by atoms with van der Waals surface area (Å²) in [7, 11) is 0. The molecule has 5 nitrogen and oxygen atoms in total. The molecule has 0 unspecified atom stereocenters. The second-order valence-corrected chi connectivity index (χ2v) is 4.57. The quantitative estimate of drug-likeness (QED) is 0.794. The molecular formula is C14H23N3O2. The van der Waals surface area contributed by atoms with Crippen LogP contribution in [-0.4, -0.2) is 55.9 Å². The Morgan fingerprint density at radius 2 is 2.21 bits per heavy atom. The number of pyridine rings is 1. The van der Waals surface area contributed by atoms with E-state index in [0.717, 1.165) is 57.4 Å². The van der Waals surface area contributed by atoms with Crippen LogP contribution in [0, 0.1) is 0 Å². The highest BCUT2D eigenvalue weighted by molar-refractivity contribution is 5.19. The number of hydrogen-bond acceptors (Lipinski definition) is 5. The molecule has 0 bridgehead atoms. The zero-order valence-corrected chi connectivity index (χ0v) is 11.6. The lowest BCUT2D eigenvalue weighted by Crippen LogP contribution is -2.38. The Hall–Kier alpha value is -1.17. The van der Waals surface area contributed by atoms with Crippen molar-refractivity contribution in [3.8, 4) is 5.75 Å². The topological polar surface area (TPSA) is 46.6 Å². The number of aromatic nitrogens is 1. The lowest BCUT2D eigenvalue weighted by atomic mass is 10.3. The summed E-state index contributed by atoms with van der Waals surface area (Å²) in [4.78, 5) is 6.72. The Kier molecular flexibility index (Phi) is 6.07. The first-order valence-corrected chi connectivity index (χ1v) is 6.97. The molecule has 0 aromatic carbocycles. The third-order valence-corrected chi connectivity index (χ3v) is 3.13. The molecule has 1 aliphatic heterocycles. The third kappa shape index (κ3) is 5.14. The van der Waals surface area contributed by atoms with Crippen molar-refractivity contribution < 1.29 is 9.47 Å². The van der Waals surface area contributed by atoms with Crippen LogP contribution >= 0.6 is 0 Å². The molecule has 0 saturated carbocycles. The normalized spacial score (nSPS) is 16.5. The highest BCUT2D eigenvalue weighted by atomic mass is 16.5. The number of hydrogen-bond donors (Lipinski definition) is 1. The summed E-state index contributed by atoms with van der Waals surface area (Å²) in [6.07, 6.45) is 1.80. The monoisotopic (exact) mass is 265 g/mol. The number of rotatable bonds is 7. The van der Waals surface area contributed by atoms with E-state index in [2.05, 4.69) is 22.1 Å². The molecule has 2 rings (SSSR count). The first-order chi connectivity index (χ1) is 9.38. The molecule has 0 atom stereocenters. The van der Waals surface area contributed by atoms with Gasteiger partial charge in [-0.3, -0.25) is 9.88 Å². The van der Waals surface area contributed by atoms with Crippen LogP contribution in [0.5, 0.6) is 5.75 Å². The maximum Gasteiger partial charge on any atom is 0.137 e. The number of nitrogens with one attached hydrogen (secondary N) is 1. The standard InChI is InChI=1S/C14H23N3O2/c1-2-15-11-13-3-4-14(12-16-13)19-10-7-17-5-8-18-9-6-17/h3-4,12,15H,2,5-11H2,1H3. The van der Waals surface area contributed by atoms with Gasteiger partial charge in [-0.2, -0.15) is 0 Å². The van der Waals surface area contributed by atoms with Crippen LogP contribution in [0.25, 0.3) is 0 Å². The molecule has 1 aliphatic rings. The number of ether oxygens (including phenoxy) is 2. The second-order valence-electron chi connectivity index (χ2n) is 4.57. The largest absolute Gasteiger partial charge is 0.491 e. The Balaban J connectivity index is 1.67. The first-order valence-electron chi connectivity index (χ1n) is 6.97. The van der Waals surface area contributed by atoms with Crippen molar-refractivity contribution in [2.75, 3.05) is 46.0 Å². The number of morpholine rings is 1. The predicted molar refractivity (Wildman–Crippen MR) is 74.4 cm³/mol. The van der Waals surface area contributed by atoms with Crippen LogP contribution < -0.4 is 10.1 Å². The van der Waals surface area contributed by atoms with E-state index in [1.807, 2.05) is 12.1 Å². The van der Waals surface area contributed by atoms with E-state index in [9.17, 15) is 0 Å². The van der Waals surface area contributed by atoms with Crippen LogP contribution in [-0.2, 0) is 11.3 Å². The minimum atomic E-state index is 0.703. The highest BCUT2D eigenvalue weighted by Crippen LogP contribution is 2.09. The average Bonchev–Trinajstić information content (AvgIpc) is 2.47. The van der Waals surface area contributed by atoms with Gasteiger partial charge >= 0.3 is 0 Å². The Bertz CT molecular complexity index is 350. The van der Waals surface area contributed by atoms with Crippen molar-refractivity contribution in [1.29, 1.82) is 0 Å². The van der Waals surface area contributed by atoms with E-state index < -0.39 is 0 Å². The maximum absolute atomic E-state index is 5.70. The minimum absolute atomic E-state index is 0.703. The van der Waals surface area contributed by atoms with Crippen LogP contribution in [0.15, 0.2) is 18.3 Å². The molecule has 0 amide bonds. The zero-order chi connectivity index (χ0) is 13.3. The molecule has 106 valence electrons. The Morgan fingerprint density at radius 1 is 1.37 bits per heavy atom. The Morgan fingerprint density at radius 3 is 2.89 bits per heavy atom. The predicted octanol–water partition coefficient (Wildman–Crippen LogP) is 0.902. The zero-order valence-electron chi connectivity index (χ0n) is 11.6. The van der Waals surface area contributed by atoms with Gasteiger partial charge in [0.15, 0.2) is 0 Å². The van der Waals surface area contributed by atoms with Crippen LogP contribution in [0.2, 0.25) is 0 Å². The lowest BCUT2D eigenvalue weighted by molar-refractivity contribution is 0.0322. The minimum Gasteiger partial charge on any atom is -0.491 e. The molecule has 1 saturated heterocycles. The lowest BCUT2D eigenvalue weighted by Gasteiger charge is -2.26. The summed E-state index contributed by atoms with van der Waals surface area (Å²) in [6, 6.07) is 3.99. The molecule has 1 N–H and O–H groups in total. The number of nitrogens with zero attached hydrogens (tertiary/aromatic N) is 2. The average molecular weight is 265 g/mol. The Labute approximate surface area is 114 Å². The molecule has 1 aromatic rings. The van der Waals surface area contributed by atoms with Crippen LogP contribution in [0.3, 0.4) is 0 Å². The van der Waals surface area contributed by atoms with Gasteiger partial charge in [0.05, 0.1) is 25.1 Å². The van der Waals surface area contributed by atoms with E-state index in [1.54, 1.807) is 6.20 Å². The van der Waals surface area contributed by atoms with Gasteiger partial charge in [-0.1, -0.05) is 6.92 Å². The van der Waals surface area contributed by atoms with Gasteiger partial charge in [0.1, 0.15) is 12.4 Å². The van der Waals surface area contributed by atoms with Gasteiger partial charge in [-0.15, -0.1) is 0 Å². The van der Waals surface area contributed by atoms with Gasteiger partial charge in [0.25, 0.3) is 0 Å². The summed E-state index contributed by atoms with van der Waals surface area (Å²) in [5.41, 5.74) is 1.04. The summed E-state index contributed by atoms with van der Waals surface area (Å²) < 4.78 is 11.0. The van der Waals surface area contributed by atoms with E-state index in [-0.39, 0.29) is 0 Å². The van der Waals surface area contributed by atoms with Crippen molar-refractivity contribution in [3.63, 3.8) is 0 Å². The maximum atomic E-state index is 5.70. The third-order valence-electron chi connectivity index (χ3n) is 3.13. The smallest absolute Gasteiger partial charge is 0.137 e. The fourth-order valence-corrected chi connectivity index (χ4v) is 1.97. The van der Waals surface area contributed by atoms with E-state index in [0.29, 0.717) is 6.61 Å². The highest BCUT2D eigenvalue weighted by Gasteiger charge is 2.09. The van der Waals surface area contributed by atoms with Crippen molar-refractivity contribution in [2.24, 2.45) is 0 Å². The molecule has 0 spiro atoms. The molecule has 1 aromatic heterocycles. The van der Waals surface area contributed by atoms with Gasteiger partial charge in [-0.05, 0) is 18.7 Å². The van der Waals surface area contributed by atoms with Gasteiger partial charge in [0.2, 0.25) is 0 Å². The van der Waals surface area contributed by atoms with Crippen molar-refractivity contribution >= 4 is 0 Å². The molecule has 0 aliphatic carbocycles. The fourth-order valence-electron chi connectivity index (χ4n) is 1.97. The summed E-state index contributed by atoms with van der Waals surface area (Å²) in [5, 5.41) is 3.25. The summed E-state index contributed by atoms with van der Waals surface area (Å²) >= 11 is 0. The molecule has 5 heteroatoms. The SMILES string of the molecule is CCNCc1ccc(OCCN2CCOCC2)cn1. The first kappa shape index (κ1) is 14.2. The molecule has 1 fully saturated rings.